The molecule has 0 saturated carbocycles. The molecule has 82 valence electrons. The van der Waals surface area contributed by atoms with Gasteiger partial charge in [0.25, 0.3) is 5.91 Å². The van der Waals surface area contributed by atoms with Crippen LogP contribution in [0.3, 0.4) is 0 Å². The van der Waals surface area contributed by atoms with Crippen LogP contribution >= 0.6 is 11.3 Å². The highest BCUT2D eigenvalue weighted by Crippen LogP contribution is 2.13. The van der Waals surface area contributed by atoms with E-state index in [1.165, 1.54) is 11.3 Å². The molecule has 1 heterocycles. The minimum Gasteiger partial charge on any atom is -0.480 e. The second-order valence-electron chi connectivity index (χ2n) is 3.04. The number of amides is 1. The maximum Gasteiger partial charge on any atom is 0.328 e. The number of carbonyl (C=O) groups is 2. The van der Waals surface area contributed by atoms with Crippen molar-refractivity contribution in [2.75, 3.05) is 6.61 Å². The number of rotatable bonds is 4. The Morgan fingerprint density at radius 3 is 2.67 bits per heavy atom. The molecule has 0 aliphatic rings. The Hall–Kier alpha value is -1.40. The predicted molar refractivity (Wildman–Crippen MR) is 55.0 cm³/mol. The van der Waals surface area contributed by atoms with Gasteiger partial charge in [0.2, 0.25) is 0 Å². The number of thiophene rings is 1. The first-order valence-electron chi connectivity index (χ1n) is 4.24. The lowest BCUT2D eigenvalue weighted by atomic mass is 10.3. The molecule has 3 N–H and O–H groups in total. The molecule has 1 rings (SSSR count). The second-order valence-corrected chi connectivity index (χ2v) is 3.95. The number of aryl methyl sites for hydroxylation is 1. The largest absolute Gasteiger partial charge is 0.480 e. The molecule has 0 radical (unpaired) electrons. The molecule has 0 fully saturated rings. The summed E-state index contributed by atoms with van der Waals surface area (Å²) in [5.74, 6) is -1.73. The summed E-state index contributed by atoms with van der Waals surface area (Å²) < 4.78 is 0. The molecule has 0 aliphatic carbocycles. The van der Waals surface area contributed by atoms with Crippen molar-refractivity contribution in [1.29, 1.82) is 0 Å². The topological polar surface area (TPSA) is 86.6 Å². The van der Waals surface area contributed by atoms with Gasteiger partial charge >= 0.3 is 5.97 Å². The van der Waals surface area contributed by atoms with Crippen LogP contribution in [0.2, 0.25) is 0 Å². The molecule has 6 heteroatoms. The van der Waals surface area contributed by atoms with Crippen LogP contribution in [-0.4, -0.2) is 34.7 Å². The lowest BCUT2D eigenvalue weighted by molar-refractivity contribution is -0.140. The molecule has 1 amide bonds. The third kappa shape index (κ3) is 3.03. The van der Waals surface area contributed by atoms with E-state index in [1.54, 1.807) is 11.4 Å². The van der Waals surface area contributed by atoms with Gasteiger partial charge in [0, 0.05) is 0 Å². The van der Waals surface area contributed by atoms with Crippen molar-refractivity contribution in [2.24, 2.45) is 0 Å². The normalized spacial score (nSPS) is 12.1. The molecule has 1 aromatic rings. The van der Waals surface area contributed by atoms with Crippen LogP contribution in [0, 0.1) is 6.92 Å². The Morgan fingerprint density at radius 2 is 2.27 bits per heavy atom. The van der Waals surface area contributed by atoms with Crippen LogP contribution in [0.1, 0.15) is 15.2 Å². The van der Waals surface area contributed by atoms with Crippen LogP contribution < -0.4 is 5.32 Å². The summed E-state index contributed by atoms with van der Waals surface area (Å²) in [4.78, 5) is 22.4. The molecular weight excluding hydrogens is 218 g/mol. The van der Waals surface area contributed by atoms with E-state index < -0.39 is 24.5 Å². The van der Waals surface area contributed by atoms with Gasteiger partial charge in [0.15, 0.2) is 6.04 Å². The number of nitrogens with one attached hydrogen (secondary N) is 1. The Morgan fingerprint density at radius 1 is 1.60 bits per heavy atom. The van der Waals surface area contributed by atoms with Crippen molar-refractivity contribution in [2.45, 2.75) is 13.0 Å². The minimum absolute atomic E-state index is 0.437. The molecule has 1 aromatic heterocycles. The number of carbonyl (C=O) groups excluding carboxylic acids is 1. The van der Waals surface area contributed by atoms with Crippen LogP contribution in [-0.2, 0) is 4.79 Å². The van der Waals surface area contributed by atoms with Gasteiger partial charge in [-0.3, -0.25) is 4.79 Å². The van der Waals surface area contributed by atoms with Gasteiger partial charge in [-0.15, -0.1) is 11.3 Å². The maximum atomic E-state index is 11.5. The average molecular weight is 229 g/mol. The van der Waals surface area contributed by atoms with Crippen LogP contribution in [0.25, 0.3) is 0 Å². The van der Waals surface area contributed by atoms with E-state index >= 15 is 0 Å². The molecule has 5 nitrogen and oxygen atoms in total. The molecule has 15 heavy (non-hydrogen) atoms. The minimum atomic E-state index is -1.25. The summed E-state index contributed by atoms with van der Waals surface area (Å²) in [5.41, 5.74) is 0.945. The molecule has 0 bridgehead atoms. The summed E-state index contributed by atoms with van der Waals surface area (Å²) in [5, 5.41) is 21.3. The predicted octanol–water partition coefficient (Wildman–Crippen LogP) is 0.232. The molecule has 0 aliphatic heterocycles. The number of hydrogen-bond donors (Lipinski definition) is 3. The van der Waals surface area contributed by atoms with Crippen LogP contribution in [0.5, 0.6) is 0 Å². The van der Waals surface area contributed by atoms with Crippen molar-refractivity contribution in [1.82, 2.24) is 5.32 Å². The summed E-state index contributed by atoms with van der Waals surface area (Å²) >= 11 is 1.24. The number of aliphatic hydroxyl groups excluding tert-OH is 1. The van der Waals surface area contributed by atoms with Gasteiger partial charge in [-0.1, -0.05) is 0 Å². The Bertz CT molecular complexity index is 374. The quantitative estimate of drug-likeness (QED) is 0.690. The second kappa shape index (κ2) is 4.90. The van der Waals surface area contributed by atoms with Crippen LogP contribution in [0.4, 0.5) is 0 Å². The summed E-state index contributed by atoms with van der Waals surface area (Å²) in [7, 11) is 0. The maximum absolute atomic E-state index is 11.5. The number of aliphatic carboxylic acids is 1. The average Bonchev–Trinajstić information content (AvgIpc) is 2.60. The third-order valence-corrected chi connectivity index (χ3v) is 2.79. The molecule has 1 atom stereocenters. The summed E-state index contributed by atoms with van der Waals surface area (Å²) in [6.07, 6.45) is 0. The Kier molecular flexibility index (Phi) is 3.81. The molecular formula is C9H11NO4S. The lowest BCUT2D eigenvalue weighted by Crippen LogP contribution is -2.43. The van der Waals surface area contributed by atoms with Gasteiger partial charge in [0.05, 0.1) is 11.5 Å². The zero-order valence-corrected chi connectivity index (χ0v) is 8.87. The van der Waals surface area contributed by atoms with E-state index in [0.717, 1.165) is 5.56 Å². The Balaban J connectivity index is 2.66. The first kappa shape index (κ1) is 11.7. The van der Waals surface area contributed by atoms with Crippen molar-refractivity contribution in [3.63, 3.8) is 0 Å². The molecule has 0 spiro atoms. The number of carboxylic acids is 1. The van der Waals surface area contributed by atoms with Crippen molar-refractivity contribution < 1.29 is 19.8 Å². The third-order valence-electron chi connectivity index (χ3n) is 1.74. The number of hydrogen-bond acceptors (Lipinski definition) is 4. The van der Waals surface area contributed by atoms with E-state index in [9.17, 15) is 9.59 Å². The fourth-order valence-electron chi connectivity index (χ4n) is 0.965. The van der Waals surface area contributed by atoms with Gasteiger partial charge < -0.3 is 15.5 Å². The monoisotopic (exact) mass is 229 g/mol. The SMILES string of the molecule is Cc1csc(C(=O)N[C@@H](CO)C(=O)O)c1. The number of carboxylic acid groups (broad SMARTS) is 1. The standard InChI is InChI=1S/C9H11NO4S/c1-5-2-7(15-4-5)8(12)10-6(3-11)9(13)14/h2,4,6,11H,3H2,1H3,(H,10,12)(H,13,14)/t6-/m0/s1. The lowest BCUT2D eigenvalue weighted by Gasteiger charge is -2.10. The molecule has 0 aromatic carbocycles. The van der Waals surface area contributed by atoms with E-state index in [0.29, 0.717) is 4.88 Å². The van der Waals surface area contributed by atoms with Gasteiger partial charge in [-0.25, -0.2) is 4.79 Å². The highest BCUT2D eigenvalue weighted by atomic mass is 32.1. The summed E-state index contributed by atoms with van der Waals surface area (Å²) in [6.45, 7) is 1.22. The van der Waals surface area contributed by atoms with Crippen molar-refractivity contribution >= 4 is 23.2 Å². The molecule has 0 unspecified atom stereocenters. The zero-order valence-electron chi connectivity index (χ0n) is 8.06. The van der Waals surface area contributed by atoms with E-state index in [-0.39, 0.29) is 0 Å². The first-order valence-corrected chi connectivity index (χ1v) is 5.12. The fourth-order valence-corrected chi connectivity index (χ4v) is 1.77. The van der Waals surface area contributed by atoms with Gasteiger partial charge in [0.1, 0.15) is 0 Å². The first-order chi connectivity index (χ1) is 7.04. The smallest absolute Gasteiger partial charge is 0.328 e. The van der Waals surface area contributed by atoms with E-state index in [1.807, 2.05) is 6.92 Å². The zero-order chi connectivity index (χ0) is 11.4. The highest BCUT2D eigenvalue weighted by Gasteiger charge is 2.19. The highest BCUT2D eigenvalue weighted by molar-refractivity contribution is 7.12. The van der Waals surface area contributed by atoms with Crippen molar-refractivity contribution in [3.05, 3.63) is 21.9 Å². The Labute approximate surface area is 90.4 Å². The number of aliphatic hydroxyl groups is 1. The van der Waals surface area contributed by atoms with E-state index in [2.05, 4.69) is 5.32 Å². The summed E-state index contributed by atoms with van der Waals surface area (Å²) in [6, 6.07) is 0.413. The van der Waals surface area contributed by atoms with Crippen molar-refractivity contribution in [3.8, 4) is 0 Å². The van der Waals surface area contributed by atoms with Gasteiger partial charge in [-0.2, -0.15) is 0 Å². The van der Waals surface area contributed by atoms with Crippen LogP contribution in [0.15, 0.2) is 11.4 Å². The molecule has 0 saturated heterocycles. The van der Waals surface area contributed by atoms with Gasteiger partial charge in [-0.05, 0) is 23.9 Å². The van der Waals surface area contributed by atoms with E-state index in [4.69, 9.17) is 10.2 Å². The fraction of sp³-hybridized carbons (Fsp3) is 0.333.